The molecule has 0 unspecified atom stereocenters. The van der Waals surface area contributed by atoms with Crippen LogP contribution < -0.4 is 0 Å². The third-order valence-electron chi connectivity index (χ3n) is 2.33. The first-order valence-electron chi connectivity index (χ1n) is 4.70. The van der Waals surface area contributed by atoms with Crippen molar-refractivity contribution in [2.24, 2.45) is 0 Å². The van der Waals surface area contributed by atoms with Gasteiger partial charge in [-0.05, 0) is 18.1 Å². The molecule has 0 aliphatic carbocycles. The Balaban J connectivity index is 3.46. The van der Waals surface area contributed by atoms with Gasteiger partial charge in [-0.2, -0.15) is 13.2 Å². The highest BCUT2D eigenvalue weighted by Gasteiger charge is 2.36. The molecule has 8 heteroatoms. The van der Waals surface area contributed by atoms with Crippen LogP contribution in [0.15, 0.2) is 6.20 Å². The molecule has 0 atom stereocenters. The van der Waals surface area contributed by atoms with Gasteiger partial charge in [-0.15, -0.1) is 0 Å². The van der Waals surface area contributed by atoms with E-state index in [1.807, 2.05) is 0 Å². The van der Waals surface area contributed by atoms with Crippen LogP contribution in [-0.2, 0) is 17.4 Å². The fraction of sp³-hybridized carbons (Fsp3) is 0.400. The van der Waals surface area contributed by atoms with Crippen LogP contribution in [0.2, 0.25) is 0 Å². The molecule has 3 nitrogen and oxygen atoms in total. The Bertz CT molecular complexity index is 470. The van der Waals surface area contributed by atoms with Crippen molar-refractivity contribution in [2.75, 3.05) is 0 Å². The van der Waals surface area contributed by atoms with E-state index in [9.17, 15) is 26.7 Å². The number of pyridine rings is 1. The minimum absolute atomic E-state index is 0.243. The summed E-state index contributed by atoms with van der Waals surface area (Å²) in [5, 5.41) is 8.54. The van der Waals surface area contributed by atoms with E-state index in [-0.39, 0.29) is 6.20 Å². The van der Waals surface area contributed by atoms with Crippen LogP contribution in [0.4, 0.5) is 22.0 Å². The molecule has 0 spiro atoms. The molecular weight excluding hydrogens is 261 g/mol. The first-order valence-corrected chi connectivity index (χ1v) is 4.70. The van der Waals surface area contributed by atoms with Gasteiger partial charge in [0.05, 0.1) is 12.0 Å². The molecule has 0 aliphatic rings. The number of halogens is 5. The topological polar surface area (TPSA) is 50.2 Å². The number of carboxylic acid groups (broad SMARTS) is 1. The Labute approximate surface area is 98.3 Å². The first kappa shape index (κ1) is 14.3. The van der Waals surface area contributed by atoms with Crippen molar-refractivity contribution in [2.45, 2.75) is 25.9 Å². The maximum atomic E-state index is 12.6. The Kier molecular flexibility index (Phi) is 3.88. The van der Waals surface area contributed by atoms with Gasteiger partial charge < -0.3 is 5.11 Å². The average molecular weight is 269 g/mol. The summed E-state index contributed by atoms with van der Waals surface area (Å²) in [6, 6.07) is 0. The number of aliphatic carboxylic acids is 1. The van der Waals surface area contributed by atoms with Gasteiger partial charge in [0.25, 0.3) is 6.43 Å². The van der Waals surface area contributed by atoms with Gasteiger partial charge in [0.15, 0.2) is 0 Å². The summed E-state index contributed by atoms with van der Waals surface area (Å²) in [7, 11) is 0. The monoisotopic (exact) mass is 269 g/mol. The van der Waals surface area contributed by atoms with Crippen molar-refractivity contribution in [1.82, 2.24) is 4.98 Å². The number of hydrogen-bond acceptors (Lipinski definition) is 2. The van der Waals surface area contributed by atoms with E-state index in [0.717, 1.165) is 6.92 Å². The summed E-state index contributed by atoms with van der Waals surface area (Å²) in [5.41, 5.74) is -3.26. The Morgan fingerprint density at radius 2 is 2.00 bits per heavy atom. The molecule has 1 rings (SSSR count). The number of aromatic nitrogens is 1. The lowest BCUT2D eigenvalue weighted by molar-refractivity contribution is -0.140. The number of hydrogen-bond donors (Lipinski definition) is 1. The Hall–Kier alpha value is -1.73. The van der Waals surface area contributed by atoms with E-state index in [4.69, 9.17) is 5.11 Å². The van der Waals surface area contributed by atoms with Crippen LogP contribution in [0.1, 0.15) is 28.8 Å². The smallest absolute Gasteiger partial charge is 0.418 e. The van der Waals surface area contributed by atoms with Crippen LogP contribution in [0.3, 0.4) is 0 Å². The summed E-state index contributed by atoms with van der Waals surface area (Å²) >= 11 is 0. The SMILES string of the molecule is Cc1c(C(F)F)ncc(C(F)(F)F)c1CC(=O)O. The zero-order valence-corrected chi connectivity index (χ0v) is 9.05. The minimum Gasteiger partial charge on any atom is -0.481 e. The van der Waals surface area contributed by atoms with Gasteiger partial charge >= 0.3 is 12.1 Å². The zero-order valence-electron chi connectivity index (χ0n) is 9.05. The fourth-order valence-electron chi connectivity index (χ4n) is 1.51. The normalized spacial score (nSPS) is 11.9. The number of alkyl halides is 5. The molecule has 0 radical (unpaired) electrons. The highest BCUT2D eigenvalue weighted by Crippen LogP contribution is 2.35. The molecule has 0 aliphatic heterocycles. The van der Waals surface area contributed by atoms with Crippen LogP contribution in [0.25, 0.3) is 0 Å². The van der Waals surface area contributed by atoms with E-state index >= 15 is 0 Å². The molecule has 0 saturated heterocycles. The van der Waals surface area contributed by atoms with Gasteiger partial charge in [0, 0.05) is 6.20 Å². The van der Waals surface area contributed by atoms with Gasteiger partial charge in [-0.25, -0.2) is 8.78 Å². The molecule has 0 aromatic carbocycles. The van der Waals surface area contributed by atoms with E-state index in [1.165, 1.54) is 0 Å². The molecular formula is C10H8F5NO2. The number of nitrogens with zero attached hydrogens (tertiary/aromatic N) is 1. The van der Waals surface area contributed by atoms with Gasteiger partial charge in [0.2, 0.25) is 0 Å². The molecule has 0 saturated carbocycles. The molecule has 18 heavy (non-hydrogen) atoms. The van der Waals surface area contributed by atoms with Crippen molar-refractivity contribution in [3.8, 4) is 0 Å². The van der Waals surface area contributed by atoms with Crippen LogP contribution in [0, 0.1) is 6.92 Å². The quantitative estimate of drug-likeness (QED) is 0.858. The van der Waals surface area contributed by atoms with Crippen LogP contribution in [-0.4, -0.2) is 16.1 Å². The third-order valence-corrected chi connectivity index (χ3v) is 2.33. The van der Waals surface area contributed by atoms with Crippen LogP contribution in [0.5, 0.6) is 0 Å². The average Bonchev–Trinajstić information content (AvgIpc) is 2.17. The predicted molar refractivity (Wildman–Crippen MR) is 50.3 cm³/mol. The van der Waals surface area contributed by atoms with Crippen molar-refractivity contribution in [3.63, 3.8) is 0 Å². The van der Waals surface area contributed by atoms with E-state index in [1.54, 1.807) is 0 Å². The zero-order chi connectivity index (χ0) is 14.1. The maximum absolute atomic E-state index is 12.6. The largest absolute Gasteiger partial charge is 0.481 e. The highest BCUT2D eigenvalue weighted by atomic mass is 19.4. The summed E-state index contributed by atoms with van der Waals surface area (Å²) in [6.45, 7) is 1.00. The lowest BCUT2D eigenvalue weighted by atomic mass is 9.99. The second kappa shape index (κ2) is 4.87. The Morgan fingerprint density at radius 1 is 1.44 bits per heavy atom. The minimum atomic E-state index is -4.83. The van der Waals surface area contributed by atoms with Gasteiger partial charge in [-0.1, -0.05) is 0 Å². The Morgan fingerprint density at radius 3 is 2.39 bits per heavy atom. The molecule has 0 fully saturated rings. The molecule has 1 aromatic rings. The lowest BCUT2D eigenvalue weighted by Gasteiger charge is -2.15. The second-order valence-electron chi connectivity index (χ2n) is 3.53. The predicted octanol–water partition coefficient (Wildman–Crippen LogP) is 2.97. The number of rotatable bonds is 3. The second-order valence-corrected chi connectivity index (χ2v) is 3.53. The van der Waals surface area contributed by atoms with E-state index in [0.29, 0.717) is 0 Å². The number of carbonyl (C=O) groups is 1. The fourth-order valence-corrected chi connectivity index (χ4v) is 1.51. The molecule has 1 N–H and O–H groups in total. The van der Waals surface area contributed by atoms with Crippen molar-refractivity contribution < 1.29 is 31.9 Å². The van der Waals surface area contributed by atoms with E-state index < -0.39 is 47.4 Å². The molecule has 0 amide bonds. The summed E-state index contributed by atoms with van der Waals surface area (Å²) in [6.07, 6.45) is -8.63. The third kappa shape index (κ3) is 2.93. The summed E-state index contributed by atoms with van der Waals surface area (Å²) in [5.74, 6) is -1.53. The van der Waals surface area contributed by atoms with Crippen molar-refractivity contribution in [3.05, 3.63) is 28.6 Å². The van der Waals surface area contributed by atoms with Crippen LogP contribution >= 0.6 is 0 Å². The maximum Gasteiger partial charge on any atom is 0.418 e. The summed E-state index contributed by atoms with van der Waals surface area (Å²) < 4.78 is 62.7. The van der Waals surface area contributed by atoms with Crippen molar-refractivity contribution in [1.29, 1.82) is 0 Å². The first-order chi connectivity index (χ1) is 8.14. The molecule has 1 aromatic heterocycles. The standard InChI is InChI=1S/C10H8F5NO2/c1-4-5(2-7(17)18)6(10(13,14)15)3-16-8(4)9(11)12/h3,9H,2H2,1H3,(H,17,18). The molecule has 0 bridgehead atoms. The van der Waals surface area contributed by atoms with Gasteiger partial charge in [-0.3, -0.25) is 9.78 Å². The molecule has 100 valence electrons. The van der Waals surface area contributed by atoms with E-state index in [2.05, 4.69) is 4.98 Å². The summed E-state index contributed by atoms with van der Waals surface area (Å²) in [4.78, 5) is 13.6. The van der Waals surface area contributed by atoms with Crippen molar-refractivity contribution >= 4 is 5.97 Å². The number of carboxylic acids is 1. The highest BCUT2D eigenvalue weighted by molar-refractivity contribution is 5.71. The molecule has 1 heterocycles. The lowest BCUT2D eigenvalue weighted by Crippen LogP contribution is -2.16. The van der Waals surface area contributed by atoms with Gasteiger partial charge in [0.1, 0.15) is 5.69 Å².